The van der Waals surface area contributed by atoms with Crippen molar-refractivity contribution in [2.45, 2.75) is 208 Å². The molecule has 48 heavy (non-hydrogen) atoms. The molecule has 0 heterocycles. The second-order valence-electron chi connectivity index (χ2n) is 19.8. The molecule has 0 saturated heterocycles. The van der Waals surface area contributed by atoms with Gasteiger partial charge in [-0.2, -0.15) is 0 Å². The fourth-order valence-electron chi connectivity index (χ4n) is 11.8. The molecule has 0 radical (unpaired) electrons. The molecule has 0 N–H and O–H groups in total. The van der Waals surface area contributed by atoms with Crippen LogP contribution >= 0.6 is 0 Å². The highest BCUT2D eigenvalue weighted by molar-refractivity contribution is 5.19. The third-order valence-corrected chi connectivity index (χ3v) is 15.2. The summed E-state index contributed by atoms with van der Waals surface area (Å²) in [7, 11) is 0. The monoisotopic (exact) mass is 661 g/mol. The lowest BCUT2D eigenvalue weighted by atomic mass is 9.63. The first-order valence-electron chi connectivity index (χ1n) is 22.7. The summed E-state index contributed by atoms with van der Waals surface area (Å²) in [5.41, 5.74) is 3.99. The summed E-state index contributed by atoms with van der Waals surface area (Å²) in [6.45, 7) is 15.1. The van der Waals surface area contributed by atoms with Gasteiger partial charge in [0.15, 0.2) is 0 Å². The molecule has 0 spiro atoms. The highest BCUT2D eigenvalue weighted by atomic mass is 14.4. The van der Waals surface area contributed by atoms with E-state index in [0.29, 0.717) is 0 Å². The van der Waals surface area contributed by atoms with Crippen molar-refractivity contribution in [3.05, 3.63) is 23.3 Å². The van der Waals surface area contributed by atoms with E-state index in [9.17, 15) is 0 Å². The van der Waals surface area contributed by atoms with Gasteiger partial charge >= 0.3 is 0 Å². The molecule has 5 unspecified atom stereocenters. The number of allylic oxidation sites excluding steroid dienone is 4. The van der Waals surface area contributed by atoms with Gasteiger partial charge in [-0.1, -0.05) is 161 Å². The maximum atomic E-state index is 3.05. The van der Waals surface area contributed by atoms with Crippen molar-refractivity contribution in [2.24, 2.45) is 71.0 Å². The van der Waals surface area contributed by atoms with Crippen LogP contribution in [0.25, 0.3) is 0 Å². The van der Waals surface area contributed by atoms with Crippen LogP contribution in [-0.4, -0.2) is 0 Å². The molecular weight excluding hydrogens is 577 g/mol. The maximum Gasteiger partial charge on any atom is -0.0199 e. The highest BCUT2D eigenvalue weighted by Gasteiger charge is 2.37. The summed E-state index contributed by atoms with van der Waals surface area (Å²) < 4.78 is 0. The molecule has 276 valence electrons. The van der Waals surface area contributed by atoms with Crippen molar-refractivity contribution in [2.75, 3.05) is 0 Å². The van der Waals surface area contributed by atoms with E-state index in [1.54, 1.807) is 0 Å². The van der Waals surface area contributed by atoms with Crippen molar-refractivity contribution in [3.8, 4) is 0 Å². The van der Waals surface area contributed by atoms with E-state index in [-0.39, 0.29) is 0 Å². The Morgan fingerprint density at radius 2 is 0.958 bits per heavy atom. The largest absolute Gasteiger partial charge is 0.0814 e. The third kappa shape index (κ3) is 11.8. The first-order valence-corrected chi connectivity index (χ1v) is 22.7. The molecule has 0 heteroatoms. The van der Waals surface area contributed by atoms with Gasteiger partial charge in [0.1, 0.15) is 0 Å². The molecule has 5 aliphatic carbocycles. The zero-order valence-electron chi connectivity index (χ0n) is 33.5. The summed E-state index contributed by atoms with van der Waals surface area (Å²) in [5, 5.41) is 0. The van der Waals surface area contributed by atoms with Crippen molar-refractivity contribution in [3.63, 3.8) is 0 Å². The molecule has 5 rings (SSSR count). The van der Waals surface area contributed by atoms with Crippen LogP contribution in [0.5, 0.6) is 0 Å². The summed E-state index contributed by atoms with van der Waals surface area (Å²) in [6.07, 6.45) is 44.5. The summed E-state index contributed by atoms with van der Waals surface area (Å²) >= 11 is 0. The van der Waals surface area contributed by atoms with Gasteiger partial charge < -0.3 is 0 Å². The van der Waals surface area contributed by atoms with Gasteiger partial charge in [-0.25, -0.2) is 0 Å². The van der Waals surface area contributed by atoms with Crippen molar-refractivity contribution in [1.82, 2.24) is 0 Å². The average molecular weight is 661 g/mol. The molecule has 5 fully saturated rings. The Morgan fingerprint density at radius 3 is 1.46 bits per heavy atom. The quantitative estimate of drug-likeness (QED) is 0.163. The summed E-state index contributed by atoms with van der Waals surface area (Å²) in [5.74, 6) is 10.7. The molecule has 5 saturated carbocycles. The van der Waals surface area contributed by atoms with E-state index < -0.39 is 0 Å². The molecule has 0 aromatic rings. The van der Waals surface area contributed by atoms with E-state index in [1.807, 2.05) is 11.1 Å². The second kappa shape index (κ2) is 19.9. The Hall–Kier alpha value is -0.520. The lowest BCUT2D eigenvalue weighted by Crippen LogP contribution is -2.31. The third-order valence-electron chi connectivity index (χ3n) is 15.2. The molecule has 0 nitrogen and oxygen atoms in total. The maximum absolute atomic E-state index is 3.05. The second-order valence-corrected chi connectivity index (χ2v) is 19.8. The predicted octanol–water partition coefficient (Wildman–Crippen LogP) is 15.6. The van der Waals surface area contributed by atoms with Gasteiger partial charge in [0, 0.05) is 0 Å². The Labute approximate surface area is 301 Å². The molecule has 0 amide bonds. The smallest absolute Gasteiger partial charge is 0.0199 e. The average Bonchev–Trinajstić information content (AvgIpc) is 3.09. The van der Waals surface area contributed by atoms with E-state index >= 15 is 0 Å². The van der Waals surface area contributed by atoms with Crippen LogP contribution in [0.1, 0.15) is 208 Å². The Balaban J connectivity index is 1.36. The van der Waals surface area contributed by atoms with Crippen molar-refractivity contribution < 1.29 is 0 Å². The molecule has 5 atom stereocenters. The van der Waals surface area contributed by atoms with Gasteiger partial charge in [0.2, 0.25) is 0 Å². The van der Waals surface area contributed by atoms with Gasteiger partial charge in [-0.3, -0.25) is 0 Å². The van der Waals surface area contributed by atoms with Crippen LogP contribution in [0.15, 0.2) is 23.3 Å². The van der Waals surface area contributed by atoms with Crippen LogP contribution in [-0.2, 0) is 0 Å². The minimum Gasteiger partial charge on any atom is -0.0814 e. The standard InChI is InChI=1S/C48H84/c1-35(2)15-13-16-36(3)17-14-22-44-32-45(33-47(40-18-9-7-10-19-40)42-27-23-37(4)24-28-42)39(6)31-46(44)34-48(41-20-11-8-12-21-41)43-29-25-38(5)26-30-43/h33-46H,7-32H2,1-6H3. The molecule has 0 aromatic heterocycles. The minimum absolute atomic E-state index is 0.827. The van der Waals surface area contributed by atoms with Crippen LogP contribution in [0.2, 0.25) is 0 Å². The fraction of sp³-hybridized carbons (Fsp3) is 0.917. The Morgan fingerprint density at radius 1 is 0.500 bits per heavy atom. The van der Waals surface area contributed by atoms with E-state index in [2.05, 4.69) is 53.7 Å². The van der Waals surface area contributed by atoms with Crippen LogP contribution in [0, 0.1) is 71.0 Å². The number of hydrogen-bond donors (Lipinski definition) is 0. The van der Waals surface area contributed by atoms with Crippen LogP contribution in [0.3, 0.4) is 0 Å². The van der Waals surface area contributed by atoms with E-state index in [4.69, 9.17) is 0 Å². The first kappa shape index (κ1) is 38.7. The minimum atomic E-state index is 0.827. The van der Waals surface area contributed by atoms with Gasteiger partial charge in [0.05, 0.1) is 0 Å². The van der Waals surface area contributed by atoms with Crippen molar-refractivity contribution in [1.29, 1.82) is 0 Å². The first-order chi connectivity index (χ1) is 23.3. The zero-order valence-corrected chi connectivity index (χ0v) is 33.5. The SMILES string of the molecule is CC(C)CCCC(C)CCCC1CC(C=C(C2CCCCC2)C2CCC(C)CC2)C(C)CC1C=C(C1CCCCC1)C1CCC(C)CC1. The highest BCUT2D eigenvalue weighted by Crippen LogP contribution is 2.49. The zero-order chi connectivity index (χ0) is 33.9. The van der Waals surface area contributed by atoms with Gasteiger partial charge in [-0.05, 0) is 142 Å². The van der Waals surface area contributed by atoms with Crippen LogP contribution in [0.4, 0.5) is 0 Å². The predicted molar refractivity (Wildman–Crippen MR) is 212 cm³/mol. The van der Waals surface area contributed by atoms with E-state index in [0.717, 1.165) is 71.0 Å². The topological polar surface area (TPSA) is 0 Å². The summed E-state index contributed by atoms with van der Waals surface area (Å²) in [6, 6.07) is 0. The van der Waals surface area contributed by atoms with Crippen LogP contribution < -0.4 is 0 Å². The van der Waals surface area contributed by atoms with E-state index in [1.165, 1.54) is 167 Å². The van der Waals surface area contributed by atoms with Gasteiger partial charge in [0.25, 0.3) is 0 Å². The fourth-order valence-corrected chi connectivity index (χ4v) is 11.8. The molecular formula is C48H84. The lowest BCUT2D eigenvalue weighted by molar-refractivity contribution is 0.161. The molecule has 0 aliphatic heterocycles. The molecule has 5 aliphatic rings. The number of hydrogen-bond acceptors (Lipinski definition) is 0. The normalized spacial score (nSPS) is 36.0. The lowest BCUT2D eigenvalue weighted by Gasteiger charge is -2.42. The van der Waals surface area contributed by atoms with Crippen molar-refractivity contribution >= 4 is 0 Å². The Kier molecular flexibility index (Phi) is 16.1. The number of rotatable bonds is 14. The molecule has 0 aromatic carbocycles. The summed E-state index contributed by atoms with van der Waals surface area (Å²) in [4.78, 5) is 0. The van der Waals surface area contributed by atoms with Gasteiger partial charge in [-0.15, -0.1) is 0 Å². The molecule has 0 bridgehead atoms. The Bertz CT molecular complexity index is 939.